The van der Waals surface area contributed by atoms with E-state index in [1.807, 2.05) is 39.0 Å². The summed E-state index contributed by atoms with van der Waals surface area (Å²) in [7, 11) is 0. The number of para-hydroxylation sites is 3. The molecule has 0 spiro atoms. The molecule has 0 aliphatic heterocycles. The summed E-state index contributed by atoms with van der Waals surface area (Å²) in [6.45, 7) is 12.8. The van der Waals surface area contributed by atoms with E-state index in [-0.39, 0.29) is 5.41 Å². The van der Waals surface area contributed by atoms with Gasteiger partial charge in [0.05, 0.1) is 16.7 Å². The smallest absolute Gasteiger partial charge is 0.0543 e. The number of fused-ring (bicyclic) bond motifs is 9. The highest BCUT2D eigenvalue weighted by Gasteiger charge is 2.38. The molecule has 0 saturated carbocycles. The fourth-order valence-electron chi connectivity index (χ4n) is 8.14. The standard InChI is InChI=1S/C45H32N2S.2C2H6/c1-45(2)37-18-12-21-41(47-39-19-9-6-15-32(39)33-16-7-10-20-40(33)47)44(37)35-25-23-31(28-38(35)45)46(29-13-4-3-5-14-29)30-24-26-43-36(27-30)34-17-8-11-22-42(34)48-43;2*1-2/h3-28H,1-2H3;2*1-2H3. The fourth-order valence-corrected chi connectivity index (χ4v) is 9.23. The minimum atomic E-state index is -0.175. The Morgan fingerprint density at radius 3 is 1.75 bits per heavy atom. The van der Waals surface area contributed by atoms with E-state index in [9.17, 15) is 0 Å². The summed E-state index contributed by atoms with van der Waals surface area (Å²) >= 11 is 1.86. The molecule has 9 aromatic rings. The first-order chi connectivity index (χ1) is 25.6. The van der Waals surface area contributed by atoms with Crippen molar-refractivity contribution in [3.05, 3.63) is 169 Å². The minimum absolute atomic E-state index is 0.175. The Balaban J connectivity index is 0.000000937. The van der Waals surface area contributed by atoms with Gasteiger partial charge in [0.2, 0.25) is 0 Å². The monoisotopic (exact) mass is 692 g/mol. The number of hydrogen-bond donors (Lipinski definition) is 0. The molecule has 0 atom stereocenters. The largest absolute Gasteiger partial charge is 0.310 e. The van der Waals surface area contributed by atoms with E-state index >= 15 is 0 Å². The van der Waals surface area contributed by atoms with Crippen LogP contribution in [0.1, 0.15) is 52.7 Å². The molecule has 1 aliphatic rings. The predicted octanol–water partition coefficient (Wildman–Crippen LogP) is 15.0. The number of rotatable bonds is 4. The zero-order valence-corrected chi connectivity index (χ0v) is 31.6. The Bertz CT molecular complexity index is 2660. The van der Waals surface area contributed by atoms with Gasteiger partial charge >= 0.3 is 0 Å². The molecular weight excluding hydrogens is 649 g/mol. The first-order valence-electron chi connectivity index (χ1n) is 18.6. The lowest BCUT2D eigenvalue weighted by atomic mass is 9.82. The maximum atomic E-state index is 2.47. The van der Waals surface area contributed by atoms with Crippen molar-refractivity contribution < 1.29 is 0 Å². The van der Waals surface area contributed by atoms with Gasteiger partial charge < -0.3 is 9.47 Å². The van der Waals surface area contributed by atoms with Crippen molar-refractivity contribution in [1.29, 1.82) is 0 Å². The second kappa shape index (κ2) is 13.5. The van der Waals surface area contributed by atoms with Gasteiger partial charge in [-0.2, -0.15) is 0 Å². The first kappa shape index (κ1) is 33.5. The molecule has 52 heavy (non-hydrogen) atoms. The van der Waals surface area contributed by atoms with Crippen molar-refractivity contribution in [2.24, 2.45) is 0 Å². The maximum Gasteiger partial charge on any atom is 0.0543 e. The summed E-state index contributed by atoms with van der Waals surface area (Å²) in [6.07, 6.45) is 0. The molecule has 0 unspecified atom stereocenters. The third kappa shape index (κ3) is 5.14. The molecule has 10 rings (SSSR count). The van der Waals surface area contributed by atoms with Crippen molar-refractivity contribution in [3.8, 4) is 16.8 Å². The Hall–Kier alpha value is -5.64. The van der Waals surface area contributed by atoms with E-state index in [0.29, 0.717) is 0 Å². The number of thiophene rings is 1. The topological polar surface area (TPSA) is 8.17 Å². The molecule has 7 aromatic carbocycles. The summed E-state index contributed by atoms with van der Waals surface area (Å²) < 4.78 is 5.11. The molecule has 0 N–H and O–H groups in total. The van der Waals surface area contributed by atoms with Crippen LogP contribution < -0.4 is 4.90 Å². The summed E-state index contributed by atoms with van der Waals surface area (Å²) in [6, 6.07) is 58.0. The fraction of sp³-hybridized carbons (Fsp3) is 0.143. The SMILES string of the molecule is CC.CC.CC1(C)c2cc(N(c3ccccc3)c3ccc4sc5ccccc5c4c3)ccc2-c2c(-n3c4ccccc4c4ccccc43)cccc21. The summed E-state index contributed by atoms with van der Waals surface area (Å²) in [5.41, 5.74) is 12.4. The van der Waals surface area contributed by atoms with Gasteiger partial charge in [-0.15, -0.1) is 11.3 Å². The Morgan fingerprint density at radius 1 is 0.462 bits per heavy atom. The summed E-state index contributed by atoms with van der Waals surface area (Å²) in [5, 5.41) is 5.19. The van der Waals surface area contributed by atoms with Crippen molar-refractivity contribution in [2.75, 3.05) is 4.90 Å². The molecule has 0 bridgehead atoms. The molecule has 0 fully saturated rings. The molecule has 2 aromatic heterocycles. The highest BCUT2D eigenvalue weighted by Crippen LogP contribution is 2.53. The van der Waals surface area contributed by atoms with Gasteiger partial charge in [-0.05, 0) is 83.4 Å². The molecule has 256 valence electrons. The van der Waals surface area contributed by atoms with Gasteiger partial charge in [0.25, 0.3) is 0 Å². The molecule has 0 amide bonds. The minimum Gasteiger partial charge on any atom is -0.310 e. The van der Waals surface area contributed by atoms with Gasteiger partial charge in [0.15, 0.2) is 0 Å². The lowest BCUT2D eigenvalue weighted by Gasteiger charge is -2.28. The van der Waals surface area contributed by atoms with Gasteiger partial charge in [-0.1, -0.05) is 133 Å². The molecule has 1 aliphatic carbocycles. The Kier molecular flexibility index (Phi) is 8.69. The zero-order chi connectivity index (χ0) is 36.0. The van der Waals surface area contributed by atoms with Crippen LogP contribution in [0.4, 0.5) is 17.1 Å². The van der Waals surface area contributed by atoms with Crippen LogP contribution >= 0.6 is 11.3 Å². The van der Waals surface area contributed by atoms with Crippen molar-refractivity contribution in [3.63, 3.8) is 0 Å². The van der Waals surface area contributed by atoms with Crippen molar-refractivity contribution >= 4 is 70.4 Å². The van der Waals surface area contributed by atoms with Gasteiger partial charge in [-0.3, -0.25) is 0 Å². The molecule has 2 nitrogen and oxygen atoms in total. The summed E-state index contributed by atoms with van der Waals surface area (Å²) in [4.78, 5) is 2.42. The third-order valence-corrected chi connectivity index (χ3v) is 11.5. The van der Waals surface area contributed by atoms with Crippen LogP contribution in [-0.4, -0.2) is 4.57 Å². The highest BCUT2D eigenvalue weighted by atomic mass is 32.1. The number of benzene rings is 7. The molecular formula is C49H44N2S. The molecule has 2 heterocycles. The van der Waals surface area contributed by atoms with Gasteiger partial charge in [0, 0.05) is 59.0 Å². The van der Waals surface area contributed by atoms with E-state index in [1.165, 1.54) is 69.9 Å². The number of nitrogens with zero attached hydrogens (tertiary/aromatic N) is 2. The maximum absolute atomic E-state index is 2.47. The molecule has 0 radical (unpaired) electrons. The highest BCUT2D eigenvalue weighted by molar-refractivity contribution is 7.25. The average Bonchev–Trinajstić information content (AvgIpc) is 3.82. The summed E-state index contributed by atoms with van der Waals surface area (Å²) in [5.74, 6) is 0. The number of aromatic nitrogens is 1. The quantitative estimate of drug-likeness (QED) is 0.178. The zero-order valence-electron chi connectivity index (χ0n) is 30.8. The van der Waals surface area contributed by atoms with Crippen LogP contribution in [0.3, 0.4) is 0 Å². The average molecular weight is 693 g/mol. The van der Waals surface area contributed by atoms with Crippen LogP contribution in [0, 0.1) is 0 Å². The van der Waals surface area contributed by atoms with Gasteiger partial charge in [-0.25, -0.2) is 0 Å². The van der Waals surface area contributed by atoms with Crippen LogP contribution in [-0.2, 0) is 5.41 Å². The van der Waals surface area contributed by atoms with Crippen molar-refractivity contribution in [1.82, 2.24) is 4.57 Å². The van der Waals surface area contributed by atoms with E-state index in [0.717, 1.165) is 17.1 Å². The van der Waals surface area contributed by atoms with Gasteiger partial charge in [0.1, 0.15) is 0 Å². The van der Waals surface area contributed by atoms with E-state index in [2.05, 4.69) is 181 Å². The molecule has 3 heteroatoms. The van der Waals surface area contributed by atoms with E-state index in [1.54, 1.807) is 0 Å². The Morgan fingerprint density at radius 2 is 1.04 bits per heavy atom. The second-order valence-electron chi connectivity index (χ2n) is 13.4. The van der Waals surface area contributed by atoms with Crippen LogP contribution in [0.5, 0.6) is 0 Å². The van der Waals surface area contributed by atoms with E-state index in [4.69, 9.17) is 0 Å². The second-order valence-corrected chi connectivity index (χ2v) is 14.5. The molecule has 0 saturated heterocycles. The lowest BCUT2D eigenvalue weighted by Crippen LogP contribution is -2.16. The Labute approximate surface area is 311 Å². The lowest BCUT2D eigenvalue weighted by molar-refractivity contribution is 0.660. The third-order valence-electron chi connectivity index (χ3n) is 10.4. The first-order valence-corrected chi connectivity index (χ1v) is 19.4. The number of hydrogen-bond acceptors (Lipinski definition) is 2. The van der Waals surface area contributed by atoms with Crippen LogP contribution in [0.15, 0.2) is 158 Å². The van der Waals surface area contributed by atoms with Crippen molar-refractivity contribution in [2.45, 2.75) is 47.0 Å². The van der Waals surface area contributed by atoms with E-state index < -0.39 is 0 Å². The van der Waals surface area contributed by atoms with Crippen LogP contribution in [0.25, 0.3) is 58.8 Å². The number of anilines is 3. The normalized spacial score (nSPS) is 12.6. The predicted molar refractivity (Wildman–Crippen MR) is 229 cm³/mol. The van der Waals surface area contributed by atoms with Crippen LogP contribution in [0.2, 0.25) is 0 Å².